The topological polar surface area (TPSA) is 35.5 Å². The van der Waals surface area contributed by atoms with Crippen molar-refractivity contribution in [2.24, 2.45) is 0 Å². The average Bonchev–Trinajstić information content (AvgIpc) is 2.96. The minimum Gasteiger partial charge on any atom is -0.543 e. The number of hydrogen-bond donors (Lipinski definition) is 0. The van der Waals surface area contributed by atoms with E-state index in [2.05, 4.69) is 41.5 Å². The van der Waals surface area contributed by atoms with Gasteiger partial charge in [0, 0.05) is 5.56 Å². The van der Waals surface area contributed by atoms with Gasteiger partial charge in [-0.05, 0) is 40.4 Å². The molecule has 0 aromatic heterocycles. The lowest BCUT2D eigenvalue weighted by Crippen LogP contribution is -2.50. The number of carbonyl (C=O) groups is 1. The molecule has 3 rings (SSSR count). The van der Waals surface area contributed by atoms with Crippen LogP contribution in [0.1, 0.15) is 69.1 Å². The summed E-state index contributed by atoms with van der Waals surface area (Å²) < 4.78 is 12.3. The Morgan fingerprint density at radius 3 is 1.96 bits per heavy atom. The SMILES string of the molecule is CC(C)[Si](Oc1ccc(C2OC(=O)c3ccccc32)cc1)(C(C)C)C(C)C. The standard InChI is InChI=1S/C23H30O3Si/c1-15(2)27(16(3)4,17(5)6)26-19-13-11-18(12-14-19)22-20-9-7-8-10-21(20)23(24)25-22/h7-17,22H,1-6H3. The van der Waals surface area contributed by atoms with Crippen LogP contribution in [0.2, 0.25) is 16.6 Å². The lowest BCUT2D eigenvalue weighted by molar-refractivity contribution is 0.0456. The second kappa shape index (κ2) is 7.51. The molecule has 0 fully saturated rings. The Hall–Kier alpha value is -2.07. The molecule has 27 heavy (non-hydrogen) atoms. The van der Waals surface area contributed by atoms with E-state index in [4.69, 9.17) is 9.16 Å². The van der Waals surface area contributed by atoms with Crippen molar-refractivity contribution in [3.8, 4) is 5.75 Å². The van der Waals surface area contributed by atoms with Crippen molar-refractivity contribution in [3.63, 3.8) is 0 Å². The highest BCUT2D eigenvalue weighted by Crippen LogP contribution is 2.43. The Labute approximate surface area is 163 Å². The summed E-state index contributed by atoms with van der Waals surface area (Å²) in [5, 5.41) is 0. The molecule has 1 heterocycles. The third kappa shape index (κ3) is 3.43. The van der Waals surface area contributed by atoms with Crippen LogP contribution in [0, 0.1) is 0 Å². The third-order valence-electron chi connectivity index (χ3n) is 5.87. The van der Waals surface area contributed by atoms with Gasteiger partial charge in [-0.25, -0.2) is 4.79 Å². The molecule has 1 unspecified atom stereocenters. The van der Waals surface area contributed by atoms with Gasteiger partial charge in [0.05, 0.1) is 5.56 Å². The number of carbonyl (C=O) groups excluding carboxylic acids is 1. The predicted molar refractivity (Wildman–Crippen MR) is 112 cm³/mol. The van der Waals surface area contributed by atoms with E-state index in [0.717, 1.165) is 16.9 Å². The molecule has 0 bridgehead atoms. The molecule has 0 spiro atoms. The number of benzene rings is 2. The van der Waals surface area contributed by atoms with Crippen molar-refractivity contribution >= 4 is 14.3 Å². The van der Waals surface area contributed by atoms with Crippen LogP contribution >= 0.6 is 0 Å². The summed E-state index contributed by atoms with van der Waals surface area (Å²) >= 11 is 0. The van der Waals surface area contributed by atoms with Crippen LogP contribution in [0.4, 0.5) is 0 Å². The maximum absolute atomic E-state index is 12.1. The van der Waals surface area contributed by atoms with Gasteiger partial charge in [-0.2, -0.15) is 0 Å². The maximum Gasteiger partial charge on any atom is 0.339 e. The lowest BCUT2D eigenvalue weighted by atomic mass is 9.99. The van der Waals surface area contributed by atoms with Crippen LogP contribution in [0.3, 0.4) is 0 Å². The molecule has 1 atom stereocenters. The van der Waals surface area contributed by atoms with Crippen LogP contribution in [-0.4, -0.2) is 14.3 Å². The van der Waals surface area contributed by atoms with E-state index in [0.29, 0.717) is 22.2 Å². The van der Waals surface area contributed by atoms with E-state index in [9.17, 15) is 4.79 Å². The molecule has 0 radical (unpaired) electrons. The van der Waals surface area contributed by atoms with Crippen molar-refractivity contribution in [2.75, 3.05) is 0 Å². The molecule has 2 aromatic rings. The number of hydrogen-bond acceptors (Lipinski definition) is 3. The molecule has 144 valence electrons. The van der Waals surface area contributed by atoms with Gasteiger partial charge in [0.25, 0.3) is 8.32 Å². The predicted octanol–water partition coefficient (Wildman–Crippen LogP) is 6.50. The summed E-state index contributed by atoms with van der Waals surface area (Å²) in [5.41, 5.74) is 4.16. The number of fused-ring (bicyclic) bond motifs is 1. The first-order chi connectivity index (χ1) is 12.8. The minimum absolute atomic E-state index is 0.248. The smallest absolute Gasteiger partial charge is 0.339 e. The Kier molecular flexibility index (Phi) is 5.47. The van der Waals surface area contributed by atoms with Crippen molar-refractivity contribution in [3.05, 3.63) is 65.2 Å². The summed E-state index contributed by atoms with van der Waals surface area (Å²) in [6.07, 6.45) is -0.329. The zero-order chi connectivity index (χ0) is 19.8. The summed E-state index contributed by atoms with van der Waals surface area (Å²) in [6, 6.07) is 15.7. The summed E-state index contributed by atoms with van der Waals surface area (Å²) in [7, 11) is -1.97. The van der Waals surface area contributed by atoms with Crippen molar-refractivity contribution < 1.29 is 14.0 Å². The molecule has 3 nitrogen and oxygen atoms in total. The first-order valence-corrected chi connectivity index (χ1v) is 12.0. The Morgan fingerprint density at radius 2 is 1.41 bits per heavy atom. The second-order valence-corrected chi connectivity index (χ2v) is 13.7. The highest BCUT2D eigenvalue weighted by Gasteiger charge is 2.47. The van der Waals surface area contributed by atoms with Crippen LogP contribution in [-0.2, 0) is 4.74 Å². The quantitative estimate of drug-likeness (QED) is 0.422. The van der Waals surface area contributed by atoms with Gasteiger partial charge in [0.15, 0.2) is 6.10 Å². The molecule has 0 N–H and O–H groups in total. The molecule has 0 saturated carbocycles. The van der Waals surface area contributed by atoms with E-state index >= 15 is 0 Å². The highest BCUT2D eigenvalue weighted by molar-refractivity contribution is 6.78. The fourth-order valence-corrected chi connectivity index (χ4v) is 9.91. The van der Waals surface area contributed by atoms with E-state index in [1.807, 2.05) is 48.5 Å². The van der Waals surface area contributed by atoms with Crippen LogP contribution in [0.15, 0.2) is 48.5 Å². The van der Waals surface area contributed by atoms with Gasteiger partial charge in [-0.1, -0.05) is 71.9 Å². The van der Waals surface area contributed by atoms with E-state index in [1.54, 1.807) is 0 Å². The van der Waals surface area contributed by atoms with Crippen molar-refractivity contribution in [1.82, 2.24) is 0 Å². The molecular weight excluding hydrogens is 352 g/mol. The van der Waals surface area contributed by atoms with Gasteiger partial charge >= 0.3 is 5.97 Å². The van der Waals surface area contributed by atoms with E-state index in [1.165, 1.54) is 0 Å². The fourth-order valence-electron chi connectivity index (χ4n) is 4.66. The Morgan fingerprint density at radius 1 is 0.852 bits per heavy atom. The zero-order valence-corrected chi connectivity index (χ0v) is 18.2. The monoisotopic (exact) mass is 382 g/mol. The molecule has 2 aromatic carbocycles. The van der Waals surface area contributed by atoms with E-state index < -0.39 is 8.32 Å². The van der Waals surface area contributed by atoms with E-state index in [-0.39, 0.29) is 12.1 Å². The average molecular weight is 383 g/mol. The van der Waals surface area contributed by atoms with Crippen molar-refractivity contribution in [2.45, 2.75) is 64.3 Å². The van der Waals surface area contributed by atoms with Crippen molar-refractivity contribution in [1.29, 1.82) is 0 Å². The molecule has 0 aliphatic carbocycles. The normalized spacial score (nSPS) is 16.8. The van der Waals surface area contributed by atoms with Crippen LogP contribution < -0.4 is 4.43 Å². The Bertz CT molecular complexity index is 787. The summed E-state index contributed by atoms with van der Waals surface area (Å²) in [6.45, 7) is 13.7. The molecule has 1 aliphatic rings. The van der Waals surface area contributed by atoms with Gasteiger partial charge in [-0.3, -0.25) is 0 Å². The first-order valence-electron chi connectivity index (χ1n) is 9.86. The highest BCUT2D eigenvalue weighted by atomic mass is 28.4. The number of cyclic esters (lactones) is 1. The van der Waals surface area contributed by atoms with Gasteiger partial charge in [0.2, 0.25) is 0 Å². The zero-order valence-electron chi connectivity index (χ0n) is 17.2. The number of ether oxygens (including phenoxy) is 1. The summed E-state index contributed by atoms with van der Waals surface area (Å²) in [5.74, 6) is 0.667. The number of esters is 1. The molecular formula is C23H30O3Si. The molecule has 0 saturated heterocycles. The summed E-state index contributed by atoms with van der Waals surface area (Å²) in [4.78, 5) is 12.1. The molecule has 1 aliphatic heterocycles. The largest absolute Gasteiger partial charge is 0.543 e. The lowest BCUT2D eigenvalue weighted by Gasteiger charge is -2.42. The fraction of sp³-hybridized carbons (Fsp3) is 0.435. The first kappa shape index (κ1) is 19.7. The molecule has 4 heteroatoms. The number of rotatable bonds is 6. The molecule has 0 amide bonds. The van der Waals surface area contributed by atoms with Crippen LogP contribution in [0.25, 0.3) is 0 Å². The van der Waals surface area contributed by atoms with Gasteiger partial charge in [0.1, 0.15) is 5.75 Å². The van der Waals surface area contributed by atoms with Crippen LogP contribution in [0.5, 0.6) is 5.75 Å². The maximum atomic E-state index is 12.1. The second-order valence-electron chi connectivity index (χ2n) is 8.36. The third-order valence-corrected chi connectivity index (χ3v) is 11.9. The van der Waals surface area contributed by atoms with Gasteiger partial charge in [-0.15, -0.1) is 0 Å². The minimum atomic E-state index is -1.97. The Balaban J connectivity index is 1.87. The van der Waals surface area contributed by atoms with Gasteiger partial charge < -0.3 is 9.16 Å².